The van der Waals surface area contributed by atoms with Crippen LogP contribution in [0.4, 0.5) is 8.78 Å². The van der Waals surface area contributed by atoms with E-state index in [2.05, 4.69) is 31.6 Å². The summed E-state index contributed by atoms with van der Waals surface area (Å²) < 4.78 is 78.8. The third kappa shape index (κ3) is 6.32. The number of aliphatic hydroxyl groups is 1. The van der Waals surface area contributed by atoms with Crippen molar-refractivity contribution in [1.29, 1.82) is 0 Å². The van der Waals surface area contributed by atoms with E-state index in [0.29, 0.717) is 11.3 Å². The van der Waals surface area contributed by atoms with Gasteiger partial charge in [0, 0.05) is 11.9 Å². The van der Waals surface area contributed by atoms with Gasteiger partial charge in [-0.25, -0.2) is 22.5 Å². The van der Waals surface area contributed by atoms with E-state index in [-0.39, 0.29) is 5.82 Å². The minimum atomic E-state index is -5.79. The molecule has 0 aromatic heterocycles. The largest absolute Gasteiger partial charge is 0.490 e. The first-order valence-corrected chi connectivity index (χ1v) is 12.9. The number of nitrogens with zero attached hydrogens (tertiary/aromatic N) is 1. The topological polar surface area (TPSA) is 205 Å². The first-order valence-electron chi connectivity index (χ1n) is 8.39. The van der Waals surface area contributed by atoms with Gasteiger partial charge in [-0.2, -0.15) is 8.62 Å². The molecule has 19 heteroatoms. The highest BCUT2D eigenvalue weighted by Gasteiger charge is 2.60. The molecule has 0 spiro atoms. The van der Waals surface area contributed by atoms with Crippen molar-refractivity contribution in [2.75, 3.05) is 13.3 Å². The third-order valence-electron chi connectivity index (χ3n) is 4.24. The Morgan fingerprint density at radius 1 is 1.22 bits per heavy atom. The molecule has 0 radical (unpaired) electrons. The number of nitrogens with one attached hydrogen (secondary N) is 1. The molecule has 0 amide bonds. The maximum atomic E-state index is 14.8. The number of allylic oxidation sites excluding steroid dienone is 1. The molecule has 0 aromatic rings. The zero-order valence-corrected chi connectivity index (χ0v) is 19.0. The fraction of sp³-hybridized carbons (Fsp3) is 0.538. The Labute approximate surface area is 180 Å². The molecule has 2 rings (SSSR count). The van der Waals surface area contributed by atoms with Gasteiger partial charge in [-0.3, -0.25) is 4.52 Å². The first kappa shape index (κ1) is 27.3. The van der Waals surface area contributed by atoms with Crippen LogP contribution in [0, 0.1) is 0 Å². The Kier molecular flexibility index (Phi) is 7.95. The van der Waals surface area contributed by atoms with Crippen LogP contribution in [0.25, 0.3) is 0 Å². The summed E-state index contributed by atoms with van der Waals surface area (Å²) in [5, 5.41) is 13.2. The average Bonchev–Trinajstić information content (AvgIpc) is 2.85. The number of phosphoric ester groups is 1. The average molecular weight is 528 g/mol. The lowest BCUT2D eigenvalue weighted by molar-refractivity contribution is -0.125. The SMILES string of the molecule is C=C1NC(=C)N([C@@H]2O[C@H](COP(=O)(O)OP(=O)(O)OP(=O)(O)O)[C@H](F)C2(O)CF)C=C1C. The van der Waals surface area contributed by atoms with Crippen molar-refractivity contribution in [1.82, 2.24) is 10.2 Å². The van der Waals surface area contributed by atoms with Gasteiger partial charge in [-0.05, 0) is 12.5 Å². The van der Waals surface area contributed by atoms with Crippen LogP contribution in [0.3, 0.4) is 0 Å². The molecule has 2 aliphatic rings. The van der Waals surface area contributed by atoms with Crippen LogP contribution >= 0.6 is 23.5 Å². The van der Waals surface area contributed by atoms with Gasteiger partial charge >= 0.3 is 23.5 Å². The molecule has 6 N–H and O–H groups in total. The van der Waals surface area contributed by atoms with Crippen molar-refractivity contribution in [3.8, 4) is 0 Å². The molecular formula is C13H21F2N2O12P3. The quantitative estimate of drug-likeness (QED) is 0.230. The van der Waals surface area contributed by atoms with E-state index in [1.165, 1.54) is 6.20 Å². The number of hydrogen-bond donors (Lipinski definition) is 6. The van der Waals surface area contributed by atoms with Crippen molar-refractivity contribution < 1.29 is 65.0 Å². The molecule has 2 aliphatic heterocycles. The zero-order chi connectivity index (χ0) is 24.7. The van der Waals surface area contributed by atoms with Gasteiger partial charge in [0.2, 0.25) is 0 Å². The lowest BCUT2D eigenvalue weighted by atomic mass is 9.96. The Hall–Kier alpha value is -0.990. The molecule has 6 atom stereocenters. The van der Waals surface area contributed by atoms with Gasteiger partial charge in [-0.1, -0.05) is 13.2 Å². The molecule has 14 nitrogen and oxygen atoms in total. The number of ether oxygens (including phenoxy) is 1. The van der Waals surface area contributed by atoms with E-state index >= 15 is 0 Å². The highest BCUT2D eigenvalue weighted by atomic mass is 31.3. The molecule has 1 fully saturated rings. The number of phosphoric acid groups is 3. The Balaban J connectivity index is 2.16. The third-order valence-corrected chi connectivity index (χ3v) is 8.04. The summed E-state index contributed by atoms with van der Waals surface area (Å²) in [5.74, 6) is 0.0400. The fourth-order valence-electron chi connectivity index (χ4n) is 2.76. The number of alkyl halides is 2. The highest BCUT2D eigenvalue weighted by Crippen LogP contribution is 2.66. The van der Waals surface area contributed by atoms with Crippen LogP contribution in [0.2, 0.25) is 0 Å². The standard InChI is InChI=1S/C13H21F2N2O12P3/c1-7-4-17(9(3)16-8(7)2)12-13(18,6-14)11(15)10(27-12)5-26-31(22,23)29-32(24,25)28-30(19,20)21/h4,10-12,16,18H,2-3,5-6H2,1H3,(H,22,23)(H,24,25)(H2,19,20,21)/t10-,11+,12-,13?/m1/s1. The molecule has 0 aromatic carbocycles. The van der Waals surface area contributed by atoms with Crippen LogP contribution in [-0.2, 0) is 31.6 Å². The molecule has 2 heterocycles. The Bertz CT molecular complexity index is 956. The maximum absolute atomic E-state index is 14.8. The molecule has 1 saturated heterocycles. The minimum Gasteiger partial charge on any atom is -0.379 e. The number of rotatable bonds is 9. The number of halogens is 2. The predicted octanol–water partition coefficient (Wildman–Crippen LogP) is 0.887. The first-order chi connectivity index (χ1) is 14.4. The summed E-state index contributed by atoms with van der Waals surface area (Å²) in [6.45, 7) is 6.05. The predicted molar refractivity (Wildman–Crippen MR) is 101 cm³/mol. The smallest absolute Gasteiger partial charge is 0.379 e. The number of hydrogen-bond acceptors (Lipinski definition) is 10. The summed E-state index contributed by atoms with van der Waals surface area (Å²) in [6.07, 6.45) is -4.81. The summed E-state index contributed by atoms with van der Waals surface area (Å²) in [7, 11) is -17.0. The van der Waals surface area contributed by atoms with Crippen LogP contribution in [0.1, 0.15) is 6.92 Å². The van der Waals surface area contributed by atoms with Crippen molar-refractivity contribution in [2.45, 2.75) is 31.0 Å². The van der Waals surface area contributed by atoms with Gasteiger partial charge in [-0.15, -0.1) is 0 Å². The Morgan fingerprint density at radius 3 is 2.34 bits per heavy atom. The van der Waals surface area contributed by atoms with Gasteiger partial charge in [0.15, 0.2) is 18.0 Å². The van der Waals surface area contributed by atoms with Gasteiger partial charge < -0.3 is 39.6 Å². The van der Waals surface area contributed by atoms with Crippen molar-refractivity contribution >= 4 is 23.5 Å². The second-order valence-corrected chi connectivity index (χ2v) is 11.1. The molecule has 0 bridgehead atoms. The molecular weight excluding hydrogens is 507 g/mol. The van der Waals surface area contributed by atoms with Crippen LogP contribution < -0.4 is 5.32 Å². The van der Waals surface area contributed by atoms with E-state index in [9.17, 15) is 32.5 Å². The van der Waals surface area contributed by atoms with Gasteiger partial charge in [0.05, 0.1) is 6.61 Å². The summed E-state index contributed by atoms with van der Waals surface area (Å²) in [5.41, 5.74) is -1.85. The molecule has 32 heavy (non-hydrogen) atoms. The zero-order valence-electron chi connectivity index (χ0n) is 16.3. The lowest BCUT2D eigenvalue weighted by Gasteiger charge is -2.39. The van der Waals surface area contributed by atoms with E-state index in [1.54, 1.807) is 6.92 Å². The van der Waals surface area contributed by atoms with Gasteiger partial charge in [0.25, 0.3) is 0 Å². The monoisotopic (exact) mass is 528 g/mol. The van der Waals surface area contributed by atoms with Crippen molar-refractivity contribution in [3.63, 3.8) is 0 Å². The van der Waals surface area contributed by atoms with Crippen molar-refractivity contribution in [2.24, 2.45) is 0 Å². The molecule has 0 saturated carbocycles. The fourth-order valence-corrected chi connectivity index (χ4v) is 5.79. The maximum Gasteiger partial charge on any atom is 0.490 e. The second-order valence-electron chi connectivity index (χ2n) is 6.71. The summed E-state index contributed by atoms with van der Waals surface area (Å²) in [6, 6.07) is 0. The van der Waals surface area contributed by atoms with Crippen LogP contribution in [-0.4, -0.2) is 67.0 Å². The van der Waals surface area contributed by atoms with Crippen LogP contribution in [0.5, 0.6) is 0 Å². The van der Waals surface area contributed by atoms with Crippen LogP contribution in [0.15, 0.2) is 36.4 Å². The summed E-state index contributed by atoms with van der Waals surface area (Å²) in [4.78, 5) is 36.6. The lowest BCUT2D eigenvalue weighted by Crippen LogP contribution is -2.55. The van der Waals surface area contributed by atoms with E-state index < -0.39 is 60.9 Å². The van der Waals surface area contributed by atoms with E-state index in [0.717, 1.165) is 4.90 Å². The highest BCUT2D eigenvalue weighted by molar-refractivity contribution is 7.66. The second kappa shape index (κ2) is 9.34. The Morgan fingerprint density at radius 2 is 1.81 bits per heavy atom. The van der Waals surface area contributed by atoms with E-state index in [4.69, 9.17) is 19.4 Å². The van der Waals surface area contributed by atoms with Crippen molar-refractivity contribution in [3.05, 3.63) is 36.4 Å². The van der Waals surface area contributed by atoms with E-state index in [1.807, 2.05) is 0 Å². The minimum absolute atomic E-state index is 0.0400. The molecule has 0 aliphatic carbocycles. The summed E-state index contributed by atoms with van der Waals surface area (Å²) >= 11 is 0. The molecule has 184 valence electrons. The van der Waals surface area contributed by atoms with Gasteiger partial charge in [0.1, 0.15) is 18.6 Å². The normalized spacial score (nSPS) is 32.8. The molecule has 3 unspecified atom stereocenters.